The van der Waals surface area contributed by atoms with Gasteiger partial charge in [0.15, 0.2) is 0 Å². The number of methoxy groups -OCH3 is 1. The van der Waals surface area contributed by atoms with Crippen LogP contribution in [0.25, 0.3) is 0 Å². The monoisotopic (exact) mass is 335 g/mol. The van der Waals surface area contributed by atoms with Crippen molar-refractivity contribution in [1.29, 1.82) is 0 Å². The van der Waals surface area contributed by atoms with Crippen molar-refractivity contribution in [2.24, 2.45) is 0 Å². The highest BCUT2D eigenvalue weighted by atomic mass is 32.2. The molecule has 1 aromatic heterocycles. The Morgan fingerprint density at radius 2 is 2.43 bits per heavy atom. The second-order valence-corrected chi connectivity index (χ2v) is 6.20. The maximum absolute atomic E-state index is 12.4. The van der Waals surface area contributed by atoms with Gasteiger partial charge in [-0.05, 0) is 24.1 Å². The number of amides is 2. The molecule has 1 saturated heterocycles. The molecule has 2 heterocycles. The summed E-state index contributed by atoms with van der Waals surface area (Å²) in [5, 5.41) is 2.90. The van der Waals surface area contributed by atoms with E-state index < -0.39 is 6.04 Å². The molecule has 0 saturated carbocycles. The summed E-state index contributed by atoms with van der Waals surface area (Å²) in [7, 11) is 1.59. The van der Waals surface area contributed by atoms with Gasteiger partial charge in [-0.1, -0.05) is 6.58 Å². The zero-order valence-corrected chi connectivity index (χ0v) is 14.0. The molecule has 1 N–H and O–H groups in total. The van der Waals surface area contributed by atoms with Gasteiger partial charge < -0.3 is 15.0 Å². The van der Waals surface area contributed by atoms with Crippen LogP contribution in [0, 0.1) is 0 Å². The van der Waals surface area contributed by atoms with Crippen LogP contribution >= 0.6 is 11.8 Å². The van der Waals surface area contributed by atoms with Gasteiger partial charge in [-0.15, -0.1) is 0 Å². The lowest BCUT2D eigenvalue weighted by atomic mass is 10.1. The fourth-order valence-electron chi connectivity index (χ4n) is 2.44. The standard InChI is InChI=1S/C16H21N3O3S/c1-3-15(20)19-8-9-23-11-13(19)16(21)18-7-5-12-4-6-17-10-14(12)22-2/h3-4,6,10,13H,1,5,7-9,11H2,2H3,(H,18,21). The molecule has 0 radical (unpaired) electrons. The van der Waals surface area contributed by atoms with E-state index in [4.69, 9.17) is 4.74 Å². The Kier molecular flexibility index (Phi) is 6.46. The molecule has 1 aliphatic rings. The molecule has 1 aromatic rings. The summed E-state index contributed by atoms with van der Waals surface area (Å²) in [6.45, 7) is 4.56. The molecule has 7 heteroatoms. The highest BCUT2D eigenvalue weighted by Gasteiger charge is 2.31. The second kappa shape index (κ2) is 8.57. The van der Waals surface area contributed by atoms with Crippen LogP contribution in [0.3, 0.4) is 0 Å². The molecule has 124 valence electrons. The van der Waals surface area contributed by atoms with Crippen molar-refractivity contribution in [1.82, 2.24) is 15.2 Å². The topological polar surface area (TPSA) is 71.5 Å². The van der Waals surface area contributed by atoms with Crippen molar-refractivity contribution in [3.05, 3.63) is 36.7 Å². The minimum absolute atomic E-state index is 0.125. The first-order valence-electron chi connectivity index (χ1n) is 7.42. The molecule has 6 nitrogen and oxygen atoms in total. The minimum Gasteiger partial charge on any atom is -0.495 e. The lowest BCUT2D eigenvalue weighted by molar-refractivity contribution is -0.136. The number of rotatable bonds is 6. The van der Waals surface area contributed by atoms with Crippen LogP contribution in [0.2, 0.25) is 0 Å². The molecule has 1 atom stereocenters. The molecule has 1 unspecified atom stereocenters. The van der Waals surface area contributed by atoms with E-state index >= 15 is 0 Å². The van der Waals surface area contributed by atoms with Crippen LogP contribution in [0.1, 0.15) is 5.56 Å². The van der Waals surface area contributed by atoms with Crippen molar-refractivity contribution in [3.8, 4) is 5.75 Å². The highest BCUT2D eigenvalue weighted by Crippen LogP contribution is 2.18. The van der Waals surface area contributed by atoms with Crippen molar-refractivity contribution < 1.29 is 14.3 Å². The maximum Gasteiger partial charge on any atom is 0.246 e. The van der Waals surface area contributed by atoms with Gasteiger partial charge >= 0.3 is 0 Å². The molecule has 2 amide bonds. The van der Waals surface area contributed by atoms with E-state index in [1.807, 2.05) is 6.07 Å². The van der Waals surface area contributed by atoms with Gasteiger partial charge in [-0.25, -0.2) is 0 Å². The number of hydrogen-bond donors (Lipinski definition) is 1. The van der Waals surface area contributed by atoms with Crippen molar-refractivity contribution in [3.63, 3.8) is 0 Å². The molecular formula is C16H21N3O3S. The molecule has 1 aliphatic heterocycles. The number of thioether (sulfide) groups is 1. The van der Waals surface area contributed by atoms with E-state index in [1.165, 1.54) is 6.08 Å². The first-order chi connectivity index (χ1) is 11.2. The molecule has 0 spiro atoms. The Morgan fingerprint density at radius 1 is 1.61 bits per heavy atom. The van der Waals surface area contributed by atoms with Gasteiger partial charge in [-0.3, -0.25) is 14.6 Å². The van der Waals surface area contributed by atoms with Gasteiger partial charge in [0.05, 0.1) is 13.3 Å². The number of aromatic nitrogens is 1. The molecule has 23 heavy (non-hydrogen) atoms. The normalized spacial score (nSPS) is 17.4. The summed E-state index contributed by atoms with van der Waals surface area (Å²) in [6, 6.07) is 1.44. The van der Waals surface area contributed by atoms with Crippen molar-refractivity contribution >= 4 is 23.6 Å². The summed E-state index contributed by atoms with van der Waals surface area (Å²) < 4.78 is 5.24. The average Bonchev–Trinajstić information content (AvgIpc) is 2.61. The predicted octanol–water partition coefficient (Wildman–Crippen LogP) is 0.879. The summed E-state index contributed by atoms with van der Waals surface area (Å²) >= 11 is 1.68. The van der Waals surface area contributed by atoms with Crippen LogP contribution in [-0.4, -0.2) is 59.4 Å². The Morgan fingerprint density at radius 3 is 3.17 bits per heavy atom. The molecule has 1 fully saturated rings. The van der Waals surface area contributed by atoms with Crippen LogP contribution in [-0.2, 0) is 16.0 Å². The Hall–Kier alpha value is -2.02. The smallest absolute Gasteiger partial charge is 0.246 e. The molecule has 2 rings (SSSR count). The maximum atomic E-state index is 12.4. The Bertz CT molecular complexity index is 579. The first kappa shape index (κ1) is 17.3. The number of ether oxygens (including phenoxy) is 1. The third-order valence-electron chi connectivity index (χ3n) is 3.67. The highest BCUT2D eigenvalue weighted by molar-refractivity contribution is 7.99. The van der Waals surface area contributed by atoms with E-state index in [0.717, 1.165) is 11.3 Å². The molecule has 0 aliphatic carbocycles. The number of hydrogen-bond acceptors (Lipinski definition) is 5. The SMILES string of the molecule is C=CC(=O)N1CCSCC1C(=O)NCCc1ccncc1OC. The van der Waals surface area contributed by atoms with Gasteiger partial charge in [-0.2, -0.15) is 11.8 Å². The zero-order chi connectivity index (χ0) is 16.7. The van der Waals surface area contributed by atoms with Crippen LogP contribution in [0.15, 0.2) is 31.1 Å². The van der Waals surface area contributed by atoms with Gasteiger partial charge in [0.2, 0.25) is 11.8 Å². The lowest BCUT2D eigenvalue weighted by Crippen LogP contribution is -2.53. The quantitative estimate of drug-likeness (QED) is 0.782. The molecular weight excluding hydrogens is 314 g/mol. The van der Waals surface area contributed by atoms with E-state index in [2.05, 4.69) is 16.9 Å². The van der Waals surface area contributed by atoms with E-state index in [0.29, 0.717) is 31.0 Å². The average molecular weight is 335 g/mol. The minimum atomic E-state index is -0.432. The zero-order valence-electron chi connectivity index (χ0n) is 13.2. The van der Waals surface area contributed by atoms with Crippen LogP contribution in [0.4, 0.5) is 0 Å². The number of pyridine rings is 1. The summed E-state index contributed by atoms with van der Waals surface area (Å²) in [4.78, 5) is 29.8. The third kappa shape index (κ3) is 4.48. The van der Waals surface area contributed by atoms with Crippen LogP contribution < -0.4 is 10.1 Å². The first-order valence-corrected chi connectivity index (χ1v) is 8.58. The van der Waals surface area contributed by atoms with Gasteiger partial charge in [0.1, 0.15) is 11.8 Å². The Balaban J connectivity index is 1.90. The second-order valence-electron chi connectivity index (χ2n) is 5.06. The van der Waals surface area contributed by atoms with E-state index in [9.17, 15) is 9.59 Å². The summed E-state index contributed by atoms with van der Waals surface area (Å²) in [5.74, 6) is 1.85. The third-order valence-corrected chi connectivity index (χ3v) is 4.70. The Labute approximate surface area is 140 Å². The van der Waals surface area contributed by atoms with Crippen molar-refractivity contribution in [2.75, 3.05) is 31.7 Å². The largest absolute Gasteiger partial charge is 0.495 e. The molecule has 0 aromatic carbocycles. The fraction of sp³-hybridized carbons (Fsp3) is 0.438. The lowest BCUT2D eigenvalue weighted by Gasteiger charge is -2.33. The van der Waals surface area contributed by atoms with Crippen molar-refractivity contribution in [2.45, 2.75) is 12.5 Å². The number of carbonyl (C=O) groups excluding carboxylic acids is 2. The fourth-order valence-corrected chi connectivity index (χ4v) is 3.49. The van der Waals surface area contributed by atoms with Gasteiger partial charge in [0, 0.05) is 30.8 Å². The molecule has 0 bridgehead atoms. The summed E-state index contributed by atoms with van der Waals surface area (Å²) in [6.07, 6.45) is 5.26. The number of carbonyl (C=O) groups is 2. The van der Waals surface area contributed by atoms with Crippen LogP contribution in [0.5, 0.6) is 5.75 Å². The van der Waals surface area contributed by atoms with Gasteiger partial charge in [0.25, 0.3) is 0 Å². The number of nitrogens with zero attached hydrogens (tertiary/aromatic N) is 2. The van der Waals surface area contributed by atoms with E-state index in [-0.39, 0.29) is 11.8 Å². The summed E-state index contributed by atoms with van der Waals surface area (Å²) in [5.41, 5.74) is 0.986. The number of nitrogens with one attached hydrogen (secondary N) is 1. The van der Waals surface area contributed by atoms with E-state index in [1.54, 1.807) is 36.2 Å². The predicted molar refractivity (Wildman–Crippen MR) is 90.5 cm³/mol.